The van der Waals surface area contributed by atoms with E-state index in [-0.39, 0.29) is 23.4 Å². The molecule has 4 rings (SSSR count). The van der Waals surface area contributed by atoms with E-state index < -0.39 is 5.95 Å². The van der Waals surface area contributed by atoms with Crippen molar-refractivity contribution in [3.63, 3.8) is 0 Å². The molecule has 27 heavy (non-hydrogen) atoms. The fourth-order valence-electron chi connectivity index (χ4n) is 3.46. The average molecular weight is 367 g/mol. The first kappa shape index (κ1) is 17.1. The molecule has 2 aromatic heterocycles. The highest BCUT2D eigenvalue weighted by atomic mass is 19.1. The van der Waals surface area contributed by atoms with Crippen molar-refractivity contribution in [3.8, 4) is 11.1 Å². The Morgan fingerprint density at radius 3 is 2.70 bits per heavy atom. The number of benzene rings is 1. The molecule has 0 bridgehead atoms. The van der Waals surface area contributed by atoms with Crippen molar-refractivity contribution in [2.45, 2.75) is 12.8 Å². The summed E-state index contributed by atoms with van der Waals surface area (Å²) >= 11 is 0. The second-order valence-electron chi connectivity index (χ2n) is 6.64. The molecule has 0 spiro atoms. The van der Waals surface area contributed by atoms with Gasteiger partial charge < -0.3 is 10.6 Å². The van der Waals surface area contributed by atoms with Gasteiger partial charge in [0.1, 0.15) is 0 Å². The van der Waals surface area contributed by atoms with Crippen LogP contribution in [0.5, 0.6) is 0 Å². The van der Waals surface area contributed by atoms with Crippen molar-refractivity contribution >= 4 is 22.7 Å². The van der Waals surface area contributed by atoms with Crippen molar-refractivity contribution in [3.05, 3.63) is 48.2 Å². The predicted molar refractivity (Wildman–Crippen MR) is 97.1 cm³/mol. The molecule has 1 aliphatic heterocycles. The number of amides is 2. The minimum Gasteiger partial charge on any atom is -0.369 e. The van der Waals surface area contributed by atoms with E-state index in [0.29, 0.717) is 48.0 Å². The van der Waals surface area contributed by atoms with Gasteiger partial charge in [0, 0.05) is 36.2 Å². The number of aromatic amines is 1. The summed E-state index contributed by atoms with van der Waals surface area (Å²) in [7, 11) is 0. The molecule has 1 saturated heterocycles. The van der Waals surface area contributed by atoms with Gasteiger partial charge in [0.2, 0.25) is 11.9 Å². The van der Waals surface area contributed by atoms with Gasteiger partial charge in [-0.2, -0.15) is 9.49 Å². The third kappa shape index (κ3) is 3.14. The van der Waals surface area contributed by atoms with E-state index >= 15 is 0 Å². The highest BCUT2D eigenvalue weighted by Crippen LogP contribution is 2.28. The van der Waals surface area contributed by atoms with Crippen LogP contribution in [0.1, 0.15) is 23.3 Å². The van der Waals surface area contributed by atoms with Crippen LogP contribution < -0.4 is 5.73 Å². The maximum absolute atomic E-state index is 14.0. The molecule has 0 atom stereocenters. The summed E-state index contributed by atoms with van der Waals surface area (Å²) in [5.74, 6) is -1.30. The van der Waals surface area contributed by atoms with Gasteiger partial charge in [-0.15, -0.1) is 0 Å². The number of primary amides is 1. The van der Waals surface area contributed by atoms with Gasteiger partial charge >= 0.3 is 0 Å². The Morgan fingerprint density at radius 1 is 1.22 bits per heavy atom. The third-order valence-corrected chi connectivity index (χ3v) is 5.02. The number of pyridine rings is 1. The number of aromatic nitrogens is 3. The standard InChI is InChI=1S/C19H18FN5O2/c20-17-13(2-1-7-22-17)12-3-4-15-14(10-12)16(24-23-15)19(27)25-8-5-11(6-9-25)18(21)26/h1-4,7,10-11H,5-6,8-9H2,(H2,21,26)(H,23,24). The highest BCUT2D eigenvalue weighted by Gasteiger charge is 2.28. The van der Waals surface area contributed by atoms with E-state index in [1.54, 1.807) is 35.2 Å². The van der Waals surface area contributed by atoms with Gasteiger partial charge in [0.05, 0.1) is 5.52 Å². The van der Waals surface area contributed by atoms with Crippen molar-refractivity contribution < 1.29 is 14.0 Å². The Morgan fingerprint density at radius 2 is 2.00 bits per heavy atom. The smallest absolute Gasteiger partial charge is 0.274 e. The molecule has 0 radical (unpaired) electrons. The molecule has 8 heteroatoms. The number of fused-ring (bicyclic) bond motifs is 1. The lowest BCUT2D eigenvalue weighted by atomic mass is 9.96. The van der Waals surface area contributed by atoms with Gasteiger partial charge in [-0.05, 0) is 42.7 Å². The number of rotatable bonds is 3. The van der Waals surface area contributed by atoms with Gasteiger partial charge in [-0.3, -0.25) is 14.7 Å². The summed E-state index contributed by atoms with van der Waals surface area (Å²) in [5.41, 5.74) is 7.31. The second-order valence-corrected chi connectivity index (χ2v) is 6.64. The Labute approximate surface area is 154 Å². The lowest BCUT2D eigenvalue weighted by molar-refractivity contribution is -0.123. The van der Waals surface area contributed by atoms with Gasteiger partial charge in [-0.1, -0.05) is 6.07 Å². The van der Waals surface area contributed by atoms with E-state index in [1.165, 1.54) is 6.20 Å². The SMILES string of the molecule is NC(=O)C1CCN(C(=O)c2n[nH]c3ccc(-c4cccnc4F)cc23)CC1. The first-order chi connectivity index (χ1) is 13.0. The molecule has 0 aliphatic carbocycles. The summed E-state index contributed by atoms with van der Waals surface area (Å²) in [6.45, 7) is 0.912. The minimum absolute atomic E-state index is 0.190. The van der Waals surface area contributed by atoms with Crippen LogP contribution in [-0.4, -0.2) is 45.0 Å². The molecule has 7 nitrogen and oxygen atoms in total. The summed E-state index contributed by atoms with van der Waals surface area (Å²) in [5, 5.41) is 7.63. The van der Waals surface area contributed by atoms with E-state index in [4.69, 9.17) is 5.73 Å². The van der Waals surface area contributed by atoms with Gasteiger partial charge in [-0.25, -0.2) is 4.98 Å². The Bertz CT molecular complexity index is 1020. The fourth-order valence-corrected chi connectivity index (χ4v) is 3.46. The first-order valence-electron chi connectivity index (χ1n) is 8.72. The lowest BCUT2D eigenvalue weighted by Crippen LogP contribution is -2.41. The number of likely N-dealkylation sites (tertiary alicyclic amines) is 1. The maximum atomic E-state index is 14.0. The van der Waals surface area contributed by atoms with Crippen molar-refractivity contribution in [2.24, 2.45) is 11.7 Å². The molecule has 1 aromatic carbocycles. The topological polar surface area (TPSA) is 105 Å². The first-order valence-corrected chi connectivity index (χ1v) is 8.72. The third-order valence-electron chi connectivity index (χ3n) is 5.02. The van der Waals surface area contributed by atoms with E-state index in [1.807, 2.05) is 0 Å². The van der Waals surface area contributed by atoms with Crippen LogP contribution in [0.15, 0.2) is 36.5 Å². The molecule has 3 aromatic rings. The number of carbonyl (C=O) groups is 2. The number of carbonyl (C=O) groups excluding carboxylic acids is 2. The molecule has 3 heterocycles. The summed E-state index contributed by atoms with van der Waals surface area (Å²) in [4.78, 5) is 29.6. The molecular formula is C19H18FN5O2. The quantitative estimate of drug-likeness (QED) is 0.692. The molecule has 2 amide bonds. The number of H-pyrrole nitrogens is 1. The number of nitrogens with two attached hydrogens (primary N) is 1. The van der Waals surface area contributed by atoms with Crippen LogP contribution in [0.4, 0.5) is 4.39 Å². The van der Waals surface area contributed by atoms with Crippen molar-refractivity contribution in [2.75, 3.05) is 13.1 Å². The number of nitrogens with one attached hydrogen (secondary N) is 1. The fraction of sp³-hybridized carbons (Fsp3) is 0.263. The Hall–Kier alpha value is -3.29. The van der Waals surface area contributed by atoms with Crippen LogP contribution in [0.2, 0.25) is 0 Å². The number of hydrogen-bond donors (Lipinski definition) is 2. The van der Waals surface area contributed by atoms with Crippen LogP contribution in [-0.2, 0) is 4.79 Å². The number of nitrogens with zero attached hydrogens (tertiary/aromatic N) is 3. The molecule has 3 N–H and O–H groups in total. The molecule has 0 saturated carbocycles. The normalized spacial score (nSPS) is 15.2. The van der Waals surface area contributed by atoms with Gasteiger partial charge in [0.25, 0.3) is 5.91 Å². The summed E-state index contributed by atoms with van der Waals surface area (Å²) in [6, 6.07) is 8.56. The molecule has 1 aliphatic rings. The monoisotopic (exact) mass is 367 g/mol. The molecular weight excluding hydrogens is 349 g/mol. The number of hydrogen-bond acceptors (Lipinski definition) is 4. The summed E-state index contributed by atoms with van der Waals surface area (Å²) < 4.78 is 14.0. The Kier molecular flexibility index (Phi) is 4.31. The van der Waals surface area contributed by atoms with E-state index in [2.05, 4.69) is 15.2 Å². The van der Waals surface area contributed by atoms with Crippen LogP contribution in [0, 0.1) is 11.9 Å². The number of piperidine rings is 1. The average Bonchev–Trinajstić information content (AvgIpc) is 3.11. The summed E-state index contributed by atoms with van der Waals surface area (Å²) in [6.07, 6.45) is 2.49. The zero-order valence-corrected chi connectivity index (χ0v) is 14.5. The van der Waals surface area contributed by atoms with E-state index in [0.717, 1.165) is 0 Å². The number of halogens is 1. The zero-order chi connectivity index (χ0) is 19.0. The zero-order valence-electron chi connectivity index (χ0n) is 14.5. The highest BCUT2D eigenvalue weighted by molar-refractivity contribution is 6.05. The van der Waals surface area contributed by atoms with Crippen LogP contribution >= 0.6 is 0 Å². The maximum Gasteiger partial charge on any atom is 0.274 e. The van der Waals surface area contributed by atoms with Crippen molar-refractivity contribution in [1.82, 2.24) is 20.1 Å². The predicted octanol–water partition coefficient (Wildman–Crippen LogP) is 2.10. The minimum atomic E-state index is -0.568. The van der Waals surface area contributed by atoms with Crippen molar-refractivity contribution in [1.29, 1.82) is 0 Å². The second kappa shape index (κ2) is 6.79. The van der Waals surface area contributed by atoms with Crippen LogP contribution in [0.25, 0.3) is 22.0 Å². The lowest BCUT2D eigenvalue weighted by Gasteiger charge is -2.30. The van der Waals surface area contributed by atoms with Crippen LogP contribution in [0.3, 0.4) is 0 Å². The molecule has 0 unspecified atom stereocenters. The largest absolute Gasteiger partial charge is 0.369 e. The van der Waals surface area contributed by atoms with E-state index in [9.17, 15) is 14.0 Å². The molecule has 138 valence electrons. The van der Waals surface area contributed by atoms with Gasteiger partial charge in [0.15, 0.2) is 5.69 Å². The molecule has 1 fully saturated rings. The Balaban J connectivity index is 1.65.